The molecule has 192 valence electrons. The van der Waals surface area contributed by atoms with E-state index in [1.165, 1.54) is 6.07 Å². The number of hydrogen-bond donors (Lipinski definition) is 2. The smallest absolute Gasteiger partial charge is 0.317 e. The third-order valence-electron chi connectivity index (χ3n) is 7.19. The number of nitrogens with zero attached hydrogens (tertiary/aromatic N) is 2. The number of benzene rings is 2. The Morgan fingerprint density at radius 1 is 1.17 bits per heavy atom. The lowest BCUT2D eigenvalue weighted by Crippen LogP contribution is -2.47. The zero-order chi connectivity index (χ0) is 25.4. The lowest BCUT2D eigenvalue weighted by molar-refractivity contribution is -0.137. The minimum Gasteiger partial charge on any atom is -0.317 e. The van der Waals surface area contributed by atoms with Gasteiger partial charge >= 0.3 is 6.18 Å². The summed E-state index contributed by atoms with van der Waals surface area (Å²) in [7, 11) is 0. The van der Waals surface area contributed by atoms with Gasteiger partial charge in [-0.1, -0.05) is 29.4 Å². The number of aryl methyl sites for hydroxylation is 1. The van der Waals surface area contributed by atoms with E-state index in [9.17, 15) is 18.0 Å². The SMILES string of the molecule is Cc1cc(Cl)cc(C(=O)Nc2nc3ccc(C(F)(F)F)cc3s2)c1C1CCCCN1C1CCNCC1. The quantitative estimate of drug-likeness (QED) is 0.384. The zero-order valence-electron chi connectivity index (χ0n) is 19.9. The molecule has 2 N–H and O–H groups in total. The van der Waals surface area contributed by atoms with Crippen LogP contribution in [0.3, 0.4) is 0 Å². The molecule has 0 bridgehead atoms. The Balaban J connectivity index is 1.46. The molecule has 0 aliphatic carbocycles. The maximum Gasteiger partial charge on any atom is 0.416 e. The van der Waals surface area contributed by atoms with Gasteiger partial charge in [0.05, 0.1) is 15.8 Å². The fourth-order valence-electron chi connectivity index (χ4n) is 5.54. The Hall–Kier alpha value is -2.20. The first kappa shape index (κ1) is 25.4. The lowest BCUT2D eigenvalue weighted by atomic mass is 9.86. The predicted octanol–water partition coefficient (Wildman–Crippen LogP) is 6.81. The number of thiazole rings is 1. The Labute approximate surface area is 217 Å². The second kappa shape index (κ2) is 10.3. The van der Waals surface area contributed by atoms with Crippen molar-refractivity contribution in [3.8, 4) is 0 Å². The molecule has 2 aliphatic rings. The molecule has 2 aromatic carbocycles. The monoisotopic (exact) mass is 536 g/mol. The van der Waals surface area contributed by atoms with Crippen molar-refractivity contribution in [1.29, 1.82) is 0 Å². The van der Waals surface area contributed by atoms with Crippen molar-refractivity contribution in [3.63, 3.8) is 0 Å². The van der Waals surface area contributed by atoms with Crippen LogP contribution in [0.4, 0.5) is 18.3 Å². The number of fused-ring (bicyclic) bond motifs is 1. The average molecular weight is 537 g/mol. The standard InChI is InChI=1S/C26H28ClF3N4OS/c1-15-12-17(27)14-19(23(15)21-4-2-3-11-34(21)18-7-9-31-10-8-18)24(35)33-25-32-20-6-5-16(26(28,29)30)13-22(20)36-25/h5-6,12-14,18,21,31H,2-4,7-11H2,1H3,(H,32,33,35). The van der Waals surface area contributed by atoms with Gasteiger partial charge in [0.1, 0.15) is 0 Å². The van der Waals surface area contributed by atoms with Gasteiger partial charge in [0, 0.05) is 22.7 Å². The van der Waals surface area contributed by atoms with Crippen LogP contribution in [-0.4, -0.2) is 41.5 Å². The van der Waals surface area contributed by atoms with Crippen molar-refractivity contribution in [2.24, 2.45) is 0 Å². The molecule has 1 aromatic heterocycles. The number of halogens is 4. The highest BCUT2D eigenvalue weighted by molar-refractivity contribution is 7.22. The highest BCUT2D eigenvalue weighted by Crippen LogP contribution is 2.39. The topological polar surface area (TPSA) is 57.3 Å². The molecule has 2 saturated heterocycles. The van der Waals surface area contributed by atoms with Crippen LogP contribution < -0.4 is 10.6 Å². The maximum atomic E-state index is 13.6. The summed E-state index contributed by atoms with van der Waals surface area (Å²) in [6.45, 7) is 4.98. The van der Waals surface area contributed by atoms with Crippen molar-refractivity contribution < 1.29 is 18.0 Å². The fourth-order valence-corrected chi connectivity index (χ4v) is 6.72. The number of alkyl halides is 3. The van der Waals surface area contributed by atoms with Crippen molar-refractivity contribution in [3.05, 3.63) is 57.6 Å². The number of hydrogen-bond acceptors (Lipinski definition) is 5. The summed E-state index contributed by atoms with van der Waals surface area (Å²) in [6, 6.07) is 7.58. The molecule has 3 heterocycles. The summed E-state index contributed by atoms with van der Waals surface area (Å²) >= 11 is 7.43. The van der Waals surface area contributed by atoms with Crippen LogP contribution in [0.25, 0.3) is 10.2 Å². The predicted molar refractivity (Wildman–Crippen MR) is 138 cm³/mol. The minimum atomic E-state index is -4.44. The molecule has 2 aliphatic heterocycles. The average Bonchev–Trinajstić information content (AvgIpc) is 3.25. The van der Waals surface area contributed by atoms with E-state index in [2.05, 4.69) is 20.5 Å². The summed E-state index contributed by atoms with van der Waals surface area (Å²) in [5, 5.41) is 7.00. The normalized spacial score (nSPS) is 20.1. The number of likely N-dealkylation sites (tertiary alicyclic amines) is 1. The molecule has 3 aromatic rings. The van der Waals surface area contributed by atoms with Crippen LogP contribution >= 0.6 is 22.9 Å². The number of rotatable bonds is 4. The van der Waals surface area contributed by atoms with Crippen molar-refractivity contribution in [1.82, 2.24) is 15.2 Å². The highest BCUT2D eigenvalue weighted by atomic mass is 35.5. The number of carbonyl (C=O) groups is 1. The van der Waals surface area contributed by atoms with Crippen LogP contribution in [0, 0.1) is 6.92 Å². The third-order valence-corrected chi connectivity index (χ3v) is 8.34. The van der Waals surface area contributed by atoms with Gasteiger partial charge in [-0.25, -0.2) is 4.98 Å². The second-order valence-corrected chi connectivity index (χ2v) is 11.0. The molecule has 1 atom stereocenters. The molecule has 0 spiro atoms. The van der Waals surface area contributed by atoms with Gasteiger partial charge in [-0.2, -0.15) is 13.2 Å². The van der Waals surface area contributed by atoms with Crippen molar-refractivity contribution in [2.75, 3.05) is 25.0 Å². The third kappa shape index (κ3) is 5.25. The molecular formula is C26H28ClF3N4OS. The van der Waals surface area contributed by atoms with E-state index in [0.717, 1.165) is 86.3 Å². The molecule has 5 rings (SSSR count). The first-order valence-electron chi connectivity index (χ1n) is 12.3. The highest BCUT2D eigenvalue weighted by Gasteiger charge is 2.34. The Morgan fingerprint density at radius 3 is 2.69 bits per heavy atom. The minimum absolute atomic E-state index is 0.115. The Morgan fingerprint density at radius 2 is 1.94 bits per heavy atom. The van der Waals surface area contributed by atoms with E-state index < -0.39 is 11.7 Å². The molecule has 2 fully saturated rings. The molecule has 1 unspecified atom stereocenters. The van der Waals surface area contributed by atoms with Gasteiger partial charge in [0.15, 0.2) is 5.13 Å². The largest absolute Gasteiger partial charge is 0.416 e. The number of anilines is 1. The van der Waals surface area contributed by atoms with E-state index in [1.807, 2.05) is 13.0 Å². The second-order valence-electron chi connectivity index (χ2n) is 9.57. The summed E-state index contributed by atoms with van der Waals surface area (Å²) in [4.78, 5) is 20.5. The van der Waals surface area contributed by atoms with Crippen LogP contribution in [0.5, 0.6) is 0 Å². The van der Waals surface area contributed by atoms with Gasteiger partial charge in [0.25, 0.3) is 5.91 Å². The van der Waals surface area contributed by atoms with Gasteiger partial charge in [-0.3, -0.25) is 15.0 Å². The summed E-state index contributed by atoms with van der Waals surface area (Å²) < 4.78 is 39.7. The molecule has 0 radical (unpaired) electrons. The molecule has 36 heavy (non-hydrogen) atoms. The van der Waals surface area contributed by atoms with Crippen LogP contribution in [0.15, 0.2) is 30.3 Å². The number of carbonyl (C=O) groups excluding carboxylic acids is 1. The Bertz CT molecular complexity index is 1270. The van der Waals surface area contributed by atoms with E-state index in [4.69, 9.17) is 11.6 Å². The number of piperidine rings is 2. The van der Waals surface area contributed by atoms with E-state index in [0.29, 0.717) is 26.8 Å². The summed E-state index contributed by atoms with van der Waals surface area (Å²) in [6.07, 6.45) is 0.921. The van der Waals surface area contributed by atoms with E-state index in [-0.39, 0.29) is 17.1 Å². The van der Waals surface area contributed by atoms with Gasteiger partial charge in [-0.15, -0.1) is 0 Å². The van der Waals surface area contributed by atoms with Crippen LogP contribution in [-0.2, 0) is 6.18 Å². The number of nitrogens with one attached hydrogen (secondary N) is 2. The first-order valence-corrected chi connectivity index (χ1v) is 13.5. The lowest BCUT2D eigenvalue weighted by Gasteiger charge is -2.44. The summed E-state index contributed by atoms with van der Waals surface area (Å²) in [5.41, 5.74) is 2.13. The van der Waals surface area contributed by atoms with Gasteiger partial charge < -0.3 is 5.32 Å². The molecule has 0 saturated carbocycles. The van der Waals surface area contributed by atoms with Crippen molar-refractivity contribution >= 4 is 44.2 Å². The zero-order valence-corrected chi connectivity index (χ0v) is 21.5. The molecule has 5 nitrogen and oxygen atoms in total. The van der Waals surface area contributed by atoms with Crippen LogP contribution in [0.1, 0.15) is 65.2 Å². The maximum absolute atomic E-state index is 13.6. The first-order chi connectivity index (χ1) is 17.2. The number of amides is 1. The molecule has 10 heteroatoms. The molecular weight excluding hydrogens is 509 g/mol. The van der Waals surface area contributed by atoms with Gasteiger partial charge in [-0.05, 0) is 93.7 Å². The van der Waals surface area contributed by atoms with E-state index >= 15 is 0 Å². The summed E-state index contributed by atoms with van der Waals surface area (Å²) in [5.74, 6) is -0.346. The Kier molecular flexibility index (Phi) is 7.27. The van der Waals surface area contributed by atoms with Crippen molar-refractivity contribution in [2.45, 2.75) is 57.3 Å². The molecule has 1 amide bonds. The van der Waals surface area contributed by atoms with Crippen LogP contribution in [0.2, 0.25) is 5.02 Å². The fraction of sp³-hybridized carbons (Fsp3) is 0.462. The number of aromatic nitrogens is 1. The van der Waals surface area contributed by atoms with E-state index in [1.54, 1.807) is 6.07 Å². The van der Waals surface area contributed by atoms with Gasteiger partial charge in [0.2, 0.25) is 0 Å².